The van der Waals surface area contributed by atoms with Crippen molar-refractivity contribution in [3.63, 3.8) is 0 Å². The average Bonchev–Trinajstić information content (AvgIpc) is 2.66. The second-order valence-electron chi connectivity index (χ2n) is 8.43. The van der Waals surface area contributed by atoms with Gasteiger partial charge in [-0.25, -0.2) is 4.98 Å². The minimum absolute atomic E-state index is 0.317. The third kappa shape index (κ3) is 5.95. The van der Waals surface area contributed by atoms with Crippen molar-refractivity contribution in [2.75, 3.05) is 5.32 Å². The highest BCUT2D eigenvalue weighted by molar-refractivity contribution is 5.96. The van der Waals surface area contributed by atoms with Crippen LogP contribution in [0.25, 0.3) is 0 Å². The summed E-state index contributed by atoms with van der Waals surface area (Å²) in [7, 11) is 0. The van der Waals surface area contributed by atoms with Crippen molar-refractivity contribution in [3.05, 3.63) is 48.2 Å². The first-order valence-electron chi connectivity index (χ1n) is 10.1. The van der Waals surface area contributed by atoms with Crippen LogP contribution in [0, 0.1) is 0 Å². The fourth-order valence-electron chi connectivity index (χ4n) is 3.15. The van der Waals surface area contributed by atoms with Crippen LogP contribution in [0.3, 0.4) is 0 Å². The molecule has 0 saturated heterocycles. The van der Waals surface area contributed by atoms with Crippen molar-refractivity contribution in [3.8, 4) is 11.6 Å². The summed E-state index contributed by atoms with van der Waals surface area (Å²) in [6.45, 7) is 11.1. The van der Waals surface area contributed by atoms with Crippen LogP contribution >= 0.6 is 0 Å². The van der Waals surface area contributed by atoms with Crippen molar-refractivity contribution >= 4 is 17.7 Å². The number of ether oxygens (including phenoxy) is 1. The Hall–Kier alpha value is -3.09. The molecule has 30 heavy (non-hydrogen) atoms. The number of pyridine rings is 1. The van der Waals surface area contributed by atoms with Crippen LogP contribution in [0.1, 0.15) is 59.4 Å². The molecule has 0 spiro atoms. The molecule has 1 heterocycles. The fraction of sp³-hybridized carbons (Fsp3) is 0.435. The van der Waals surface area contributed by atoms with Gasteiger partial charge in [0.05, 0.1) is 11.9 Å². The number of carbonyl (C=O) groups excluding carboxylic acids is 2. The number of nitrogens with one attached hydrogen (secondary N) is 1. The molecule has 7 heteroatoms. The van der Waals surface area contributed by atoms with Gasteiger partial charge < -0.3 is 24.9 Å². The lowest BCUT2D eigenvalue weighted by Crippen LogP contribution is -2.59. The molecule has 1 aromatic heterocycles. The van der Waals surface area contributed by atoms with Gasteiger partial charge in [0.25, 0.3) is 0 Å². The summed E-state index contributed by atoms with van der Waals surface area (Å²) >= 11 is 0. The van der Waals surface area contributed by atoms with Crippen LogP contribution in [0.2, 0.25) is 0 Å². The molecule has 7 nitrogen and oxygen atoms in total. The lowest BCUT2D eigenvalue weighted by Gasteiger charge is -2.42. The van der Waals surface area contributed by atoms with E-state index in [4.69, 9.17) is 4.74 Å². The fourth-order valence-corrected chi connectivity index (χ4v) is 3.15. The van der Waals surface area contributed by atoms with E-state index in [1.807, 2.05) is 24.3 Å². The second-order valence-corrected chi connectivity index (χ2v) is 8.43. The van der Waals surface area contributed by atoms with E-state index in [2.05, 4.69) is 24.1 Å². The Morgan fingerprint density at radius 1 is 1.20 bits per heavy atom. The van der Waals surface area contributed by atoms with Crippen molar-refractivity contribution in [2.24, 2.45) is 0 Å². The monoisotopic (exact) mass is 412 g/mol. The number of nitrogens with zero attached hydrogens (tertiary/aromatic N) is 2. The first-order valence-corrected chi connectivity index (χ1v) is 10.1. The first-order chi connectivity index (χ1) is 14.0. The highest BCUT2D eigenvalue weighted by Gasteiger charge is 2.32. The molecule has 0 aliphatic rings. The van der Waals surface area contributed by atoms with Gasteiger partial charge in [-0.05, 0) is 56.9 Å². The van der Waals surface area contributed by atoms with Crippen LogP contribution in [-0.2, 0) is 4.79 Å². The summed E-state index contributed by atoms with van der Waals surface area (Å²) in [6, 6.07) is 10.2. The van der Waals surface area contributed by atoms with Gasteiger partial charge in [-0.2, -0.15) is 0 Å². The van der Waals surface area contributed by atoms with Gasteiger partial charge in [-0.3, -0.25) is 4.79 Å². The zero-order valence-corrected chi connectivity index (χ0v) is 18.4. The van der Waals surface area contributed by atoms with Crippen molar-refractivity contribution in [1.82, 2.24) is 9.88 Å². The Morgan fingerprint density at radius 2 is 1.90 bits per heavy atom. The second kappa shape index (κ2) is 9.61. The van der Waals surface area contributed by atoms with E-state index in [9.17, 15) is 14.7 Å². The predicted molar refractivity (Wildman–Crippen MR) is 115 cm³/mol. The highest BCUT2D eigenvalue weighted by atomic mass is 16.5. The number of anilines is 1. The van der Waals surface area contributed by atoms with Gasteiger partial charge in [0, 0.05) is 11.6 Å². The molecule has 0 fully saturated rings. The maximum absolute atomic E-state index is 12.7. The Morgan fingerprint density at radius 3 is 2.40 bits per heavy atom. The van der Waals surface area contributed by atoms with E-state index in [1.165, 1.54) is 11.8 Å². The zero-order chi connectivity index (χ0) is 22.5. The summed E-state index contributed by atoms with van der Waals surface area (Å²) in [5, 5.41) is 14.3. The van der Waals surface area contributed by atoms with Crippen molar-refractivity contribution in [1.29, 1.82) is 0 Å². The molecule has 2 amide bonds. The number of benzene rings is 1. The maximum Gasteiger partial charge on any atom is 0.247 e. The van der Waals surface area contributed by atoms with Crippen LogP contribution in [0.15, 0.2) is 42.6 Å². The molecule has 162 valence electrons. The number of hydrogen-bond acceptors (Lipinski definition) is 5. The number of carboxylic acid groups (broad SMARTS) is 1. The standard InChI is InChI=1S/C23H31N3O4/c1-7-19(26(22(28)29)23(4,5)6)21(27)25-17-11-12-20(24-14-17)30-18-10-8-9-16(13-18)15(2)3/h8-15,19H,7H2,1-6H3,(H,25,27)(H,28,29)/p-1/t19-/m1/s1. The number of aromatic nitrogens is 1. The van der Waals surface area contributed by atoms with Gasteiger partial charge >= 0.3 is 0 Å². The zero-order valence-electron chi connectivity index (χ0n) is 18.4. The topological polar surface area (TPSA) is 94.6 Å². The lowest BCUT2D eigenvalue weighted by atomic mass is 10.0. The number of rotatable bonds is 7. The van der Waals surface area contributed by atoms with Crippen LogP contribution in [-0.4, -0.2) is 33.5 Å². The van der Waals surface area contributed by atoms with Crippen molar-refractivity contribution in [2.45, 2.75) is 65.5 Å². The first kappa shape index (κ1) is 23.2. The van der Waals surface area contributed by atoms with E-state index in [0.717, 1.165) is 4.90 Å². The normalized spacial score (nSPS) is 12.4. The summed E-state index contributed by atoms with van der Waals surface area (Å²) < 4.78 is 5.79. The SMILES string of the molecule is CC[C@H](C(=O)Nc1ccc(Oc2cccc(C(C)C)c2)nc1)N(C(=O)[O-])C(C)(C)C. The number of amides is 2. The Labute approximate surface area is 178 Å². The molecular formula is C23H30N3O4-. The predicted octanol–water partition coefficient (Wildman–Crippen LogP) is 4.16. The van der Waals surface area contributed by atoms with Crippen molar-refractivity contribution < 1.29 is 19.4 Å². The van der Waals surface area contributed by atoms with Gasteiger partial charge in [0.15, 0.2) is 0 Å². The molecule has 1 N–H and O–H groups in total. The molecule has 0 bridgehead atoms. The lowest BCUT2D eigenvalue weighted by molar-refractivity contribution is -0.273. The largest absolute Gasteiger partial charge is 0.530 e. The molecule has 0 aliphatic heterocycles. The quantitative estimate of drug-likeness (QED) is 0.737. The third-order valence-electron chi connectivity index (χ3n) is 4.67. The molecule has 0 aliphatic carbocycles. The van der Waals surface area contributed by atoms with E-state index in [-0.39, 0.29) is 0 Å². The molecule has 2 aromatic rings. The summed E-state index contributed by atoms with van der Waals surface area (Å²) in [5.74, 6) is 1.04. The summed E-state index contributed by atoms with van der Waals surface area (Å²) in [5.41, 5.74) is 0.851. The molecule has 0 unspecified atom stereocenters. The molecule has 1 aromatic carbocycles. The minimum atomic E-state index is -1.38. The Kier molecular flexibility index (Phi) is 7.43. The van der Waals surface area contributed by atoms with Gasteiger partial charge in [0.1, 0.15) is 17.9 Å². The molecule has 1 atom stereocenters. The Balaban J connectivity index is 2.10. The van der Waals surface area contributed by atoms with E-state index < -0.39 is 23.6 Å². The highest BCUT2D eigenvalue weighted by Crippen LogP contribution is 2.25. The van der Waals surface area contributed by atoms with Gasteiger partial charge in [-0.1, -0.05) is 32.9 Å². The smallest absolute Gasteiger partial charge is 0.247 e. The number of hydrogen-bond donors (Lipinski definition) is 1. The molecule has 2 rings (SSSR count). The molecular weight excluding hydrogens is 382 g/mol. The van der Waals surface area contributed by atoms with Crippen LogP contribution < -0.4 is 15.2 Å². The van der Waals surface area contributed by atoms with Crippen LogP contribution in [0.5, 0.6) is 11.6 Å². The molecule has 0 saturated carbocycles. The summed E-state index contributed by atoms with van der Waals surface area (Å²) in [4.78, 5) is 29.6. The van der Waals surface area contributed by atoms with Gasteiger partial charge in [-0.15, -0.1) is 0 Å². The minimum Gasteiger partial charge on any atom is -0.530 e. The average molecular weight is 413 g/mol. The molecule has 0 radical (unpaired) electrons. The maximum atomic E-state index is 12.7. The third-order valence-corrected chi connectivity index (χ3v) is 4.67. The van der Waals surface area contributed by atoms with E-state index >= 15 is 0 Å². The van der Waals surface area contributed by atoms with Gasteiger partial charge in [0.2, 0.25) is 11.8 Å². The van der Waals surface area contributed by atoms with E-state index in [1.54, 1.807) is 39.8 Å². The Bertz CT molecular complexity index is 873. The van der Waals surface area contributed by atoms with Crippen LogP contribution in [0.4, 0.5) is 10.5 Å². The number of carbonyl (C=O) groups is 2. The summed E-state index contributed by atoms with van der Waals surface area (Å²) in [6.07, 6.45) is 0.417. The van der Waals surface area contributed by atoms with E-state index in [0.29, 0.717) is 29.7 Å².